The van der Waals surface area contributed by atoms with Crippen LogP contribution >= 0.6 is 0 Å². The molecule has 0 unspecified atom stereocenters. The lowest BCUT2D eigenvalue weighted by Crippen LogP contribution is -2.23. The molecular formula is C20H16FNO3S. The molecular weight excluding hydrogens is 353 g/mol. The number of anilines is 1. The van der Waals surface area contributed by atoms with Crippen LogP contribution in [0.3, 0.4) is 0 Å². The molecule has 6 heteroatoms. The molecule has 0 saturated heterocycles. The van der Waals surface area contributed by atoms with Crippen LogP contribution in [0.4, 0.5) is 10.1 Å². The summed E-state index contributed by atoms with van der Waals surface area (Å²) in [6.07, 6.45) is 0. The zero-order chi connectivity index (χ0) is 18.3. The normalized spacial score (nSPS) is 14.9. The van der Waals surface area contributed by atoms with Crippen molar-refractivity contribution in [1.82, 2.24) is 0 Å². The molecule has 0 aromatic heterocycles. The van der Waals surface area contributed by atoms with Crippen molar-refractivity contribution in [1.29, 1.82) is 0 Å². The van der Waals surface area contributed by atoms with Crippen LogP contribution in [0.2, 0.25) is 0 Å². The first kappa shape index (κ1) is 16.6. The third-order valence-electron chi connectivity index (χ3n) is 4.32. The summed E-state index contributed by atoms with van der Waals surface area (Å²) < 4.78 is 46.7. The molecule has 0 spiro atoms. The molecule has 1 aliphatic heterocycles. The minimum absolute atomic E-state index is 0.172. The van der Waals surface area contributed by atoms with Crippen LogP contribution < -0.4 is 9.04 Å². The monoisotopic (exact) mass is 369 g/mol. The first-order valence-electron chi connectivity index (χ1n) is 8.10. The van der Waals surface area contributed by atoms with E-state index in [0.29, 0.717) is 11.3 Å². The van der Waals surface area contributed by atoms with Gasteiger partial charge in [-0.1, -0.05) is 36.4 Å². The summed E-state index contributed by atoms with van der Waals surface area (Å²) in [6.45, 7) is 2.06. The van der Waals surface area contributed by atoms with Gasteiger partial charge in [-0.3, -0.25) is 4.31 Å². The maximum atomic E-state index is 14.2. The molecule has 132 valence electrons. The van der Waals surface area contributed by atoms with Gasteiger partial charge in [-0.2, -0.15) is 0 Å². The number of sulfonamides is 1. The minimum Gasteiger partial charge on any atom is -0.457 e. The Morgan fingerprint density at radius 3 is 2.50 bits per heavy atom. The highest BCUT2D eigenvalue weighted by molar-refractivity contribution is 7.93. The van der Waals surface area contributed by atoms with Crippen molar-refractivity contribution in [3.8, 4) is 11.5 Å². The maximum Gasteiger partial charge on any atom is 0.264 e. The van der Waals surface area contributed by atoms with Crippen molar-refractivity contribution in [2.45, 2.75) is 18.4 Å². The largest absolute Gasteiger partial charge is 0.457 e. The van der Waals surface area contributed by atoms with E-state index in [2.05, 4.69) is 0 Å². The Balaban J connectivity index is 1.73. The summed E-state index contributed by atoms with van der Waals surface area (Å²) in [5, 5.41) is 0. The fourth-order valence-corrected chi connectivity index (χ4v) is 4.67. The van der Waals surface area contributed by atoms with Gasteiger partial charge in [0, 0.05) is 12.1 Å². The van der Waals surface area contributed by atoms with Crippen LogP contribution in [0, 0.1) is 12.7 Å². The van der Waals surface area contributed by atoms with E-state index in [1.54, 1.807) is 36.4 Å². The Bertz CT molecular complexity index is 1100. The number of aryl methyl sites for hydroxylation is 1. The third kappa shape index (κ3) is 2.82. The van der Waals surface area contributed by atoms with Gasteiger partial charge in [0.2, 0.25) is 0 Å². The summed E-state index contributed by atoms with van der Waals surface area (Å²) in [5.41, 5.74) is 1.84. The van der Waals surface area contributed by atoms with Gasteiger partial charge in [0.05, 0.1) is 17.1 Å². The fourth-order valence-electron chi connectivity index (χ4n) is 3.02. The molecule has 4 nitrogen and oxygen atoms in total. The van der Waals surface area contributed by atoms with Crippen LogP contribution in [0.15, 0.2) is 71.6 Å². The van der Waals surface area contributed by atoms with Gasteiger partial charge in [-0.15, -0.1) is 0 Å². The number of nitrogens with zero attached hydrogens (tertiary/aromatic N) is 1. The second-order valence-electron chi connectivity index (χ2n) is 6.13. The highest BCUT2D eigenvalue weighted by Gasteiger charge is 2.34. The molecule has 3 aromatic carbocycles. The molecule has 3 aromatic rings. The van der Waals surface area contributed by atoms with Crippen molar-refractivity contribution in [2.75, 3.05) is 4.31 Å². The lowest BCUT2D eigenvalue weighted by atomic mass is 10.2. The lowest BCUT2D eigenvalue weighted by Gasteiger charge is -2.18. The number of ether oxygens (including phenoxy) is 1. The third-order valence-corrected chi connectivity index (χ3v) is 6.19. The molecule has 0 fully saturated rings. The highest BCUT2D eigenvalue weighted by atomic mass is 32.2. The first-order valence-corrected chi connectivity index (χ1v) is 9.54. The van der Waals surface area contributed by atoms with Crippen molar-refractivity contribution >= 4 is 15.7 Å². The summed E-state index contributed by atoms with van der Waals surface area (Å²) in [6, 6.07) is 18.1. The van der Waals surface area contributed by atoms with Crippen LogP contribution in [0.1, 0.15) is 11.1 Å². The van der Waals surface area contributed by atoms with Crippen molar-refractivity contribution in [3.05, 3.63) is 83.7 Å². The van der Waals surface area contributed by atoms with Gasteiger partial charge in [0.1, 0.15) is 17.3 Å². The lowest BCUT2D eigenvalue weighted by molar-refractivity contribution is 0.473. The minimum atomic E-state index is -3.70. The van der Waals surface area contributed by atoms with Gasteiger partial charge in [0.25, 0.3) is 10.0 Å². The van der Waals surface area contributed by atoms with E-state index in [4.69, 9.17) is 4.74 Å². The Hall–Kier alpha value is -2.86. The van der Waals surface area contributed by atoms with E-state index in [-0.39, 0.29) is 22.9 Å². The zero-order valence-electron chi connectivity index (χ0n) is 14.0. The number of rotatable bonds is 3. The maximum absolute atomic E-state index is 14.2. The van der Waals surface area contributed by atoms with Gasteiger partial charge in [-0.05, 0) is 36.2 Å². The molecule has 0 saturated carbocycles. The topological polar surface area (TPSA) is 46.6 Å². The Kier molecular flexibility index (Phi) is 3.92. The van der Waals surface area contributed by atoms with Crippen molar-refractivity contribution in [3.63, 3.8) is 0 Å². The average molecular weight is 369 g/mol. The number of halogens is 1. The molecule has 1 aliphatic rings. The van der Waals surface area contributed by atoms with Gasteiger partial charge in [-0.25, -0.2) is 12.8 Å². The number of fused-ring (bicyclic) bond motifs is 1. The summed E-state index contributed by atoms with van der Waals surface area (Å²) in [5.74, 6) is 0.286. The molecule has 26 heavy (non-hydrogen) atoms. The Morgan fingerprint density at radius 2 is 1.73 bits per heavy atom. The SMILES string of the molecule is Cc1ccccc1Oc1cc(F)cc(N2Cc3ccccc3S2(=O)=O)c1. The van der Waals surface area contributed by atoms with Crippen LogP contribution in [-0.4, -0.2) is 8.42 Å². The summed E-state index contributed by atoms with van der Waals surface area (Å²) in [4.78, 5) is 0.255. The quantitative estimate of drug-likeness (QED) is 0.676. The van der Waals surface area contributed by atoms with Gasteiger partial charge in [0.15, 0.2) is 0 Å². The molecule has 1 heterocycles. The second kappa shape index (κ2) is 6.14. The summed E-state index contributed by atoms with van der Waals surface area (Å²) in [7, 11) is -3.70. The molecule has 0 amide bonds. The smallest absolute Gasteiger partial charge is 0.264 e. The van der Waals surface area contributed by atoms with E-state index in [9.17, 15) is 12.8 Å². The molecule has 0 aliphatic carbocycles. The Labute approximate surface area is 151 Å². The van der Waals surface area contributed by atoms with E-state index < -0.39 is 15.8 Å². The molecule has 0 atom stereocenters. The second-order valence-corrected chi connectivity index (χ2v) is 7.96. The van der Waals surface area contributed by atoms with Gasteiger partial charge >= 0.3 is 0 Å². The first-order chi connectivity index (χ1) is 12.4. The molecule has 0 bridgehead atoms. The van der Waals surface area contributed by atoms with Crippen LogP contribution in [0.25, 0.3) is 0 Å². The highest BCUT2D eigenvalue weighted by Crippen LogP contribution is 2.37. The number of para-hydroxylation sites is 1. The number of hydrogen-bond donors (Lipinski definition) is 0. The van der Waals surface area contributed by atoms with E-state index in [0.717, 1.165) is 5.56 Å². The standard InChI is InChI=1S/C20H16FNO3S/c1-14-6-2-4-8-19(14)25-18-11-16(21)10-17(12-18)22-13-15-7-3-5-9-20(15)26(22,23)24/h2-12H,13H2,1H3. The molecule has 0 N–H and O–H groups in total. The predicted molar refractivity (Wildman–Crippen MR) is 97.5 cm³/mol. The molecule has 0 radical (unpaired) electrons. The van der Waals surface area contributed by atoms with E-state index >= 15 is 0 Å². The Morgan fingerprint density at radius 1 is 1.00 bits per heavy atom. The van der Waals surface area contributed by atoms with Crippen LogP contribution in [-0.2, 0) is 16.6 Å². The van der Waals surface area contributed by atoms with Gasteiger partial charge < -0.3 is 4.74 Å². The van der Waals surface area contributed by atoms with Crippen LogP contribution in [0.5, 0.6) is 11.5 Å². The summed E-state index contributed by atoms with van der Waals surface area (Å²) >= 11 is 0. The average Bonchev–Trinajstić information content (AvgIpc) is 2.88. The number of benzene rings is 3. The number of hydrogen-bond acceptors (Lipinski definition) is 3. The van der Waals surface area contributed by atoms with Crippen molar-refractivity contribution < 1.29 is 17.5 Å². The van der Waals surface area contributed by atoms with E-state index in [1.807, 2.05) is 25.1 Å². The molecule has 4 rings (SSSR count). The predicted octanol–water partition coefficient (Wildman–Crippen LogP) is 4.64. The zero-order valence-corrected chi connectivity index (χ0v) is 14.8. The van der Waals surface area contributed by atoms with Crippen molar-refractivity contribution in [2.24, 2.45) is 0 Å². The van der Waals surface area contributed by atoms with E-state index in [1.165, 1.54) is 16.4 Å². The fraction of sp³-hybridized carbons (Fsp3) is 0.100.